The summed E-state index contributed by atoms with van der Waals surface area (Å²) in [5.41, 5.74) is 6.58. The fourth-order valence-corrected chi connectivity index (χ4v) is 2.45. The third-order valence-corrected chi connectivity index (χ3v) is 3.34. The highest BCUT2D eigenvalue weighted by Crippen LogP contribution is 2.26. The molecular formula is C13H18ClF2N. The van der Waals surface area contributed by atoms with E-state index < -0.39 is 11.6 Å². The first kappa shape index (κ1) is 14.4. The van der Waals surface area contributed by atoms with Crippen molar-refractivity contribution in [2.45, 2.75) is 38.1 Å². The van der Waals surface area contributed by atoms with Crippen molar-refractivity contribution in [1.29, 1.82) is 0 Å². The Hall–Kier alpha value is -0.670. The molecule has 1 aromatic carbocycles. The van der Waals surface area contributed by atoms with Crippen LogP contribution in [-0.4, -0.2) is 6.04 Å². The summed E-state index contributed by atoms with van der Waals surface area (Å²) in [6, 6.07) is 4.09. The fraction of sp³-hybridized carbons (Fsp3) is 0.538. The van der Waals surface area contributed by atoms with E-state index in [1.54, 1.807) is 0 Å². The van der Waals surface area contributed by atoms with E-state index in [2.05, 4.69) is 0 Å². The van der Waals surface area contributed by atoms with Gasteiger partial charge in [0.2, 0.25) is 0 Å². The van der Waals surface area contributed by atoms with Crippen molar-refractivity contribution >= 4 is 12.4 Å². The molecule has 1 saturated carbocycles. The van der Waals surface area contributed by atoms with Gasteiger partial charge in [0.25, 0.3) is 0 Å². The van der Waals surface area contributed by atoms with Gasteiger partial charge in [-0.05, 0) is 55.7 Å². The molecule has 1 aliphatic rings. The third kappa shape index (κ3) is 4.25. The average Bonchev–Trinajstić information content (AvgIpc) is 2.20. The fourth-order valence-electron chi connectivity index (χ4n) is 2.45. The predicted molar refractivity (Wildman–Crippen MR) is 67.2 cm³/mol. The molecule has 0 saturated heterocycles. The Kier molecular flexibility index (Phi) is 5.34. The lowest BCUT2D eigenvalue weighted by Crippen LogP contribution is -2.27. The molecule has 0 heterocycles. The van der Waals surface area contributed by atoms with Crippen LogP contribution >= 0.6 is 12.4 Å². The average molecular weight is 262 g/mol. The van der Waals surface area contributed by atoms with Crippen LogP contribution in [0.2, 0.25) is 0 Å². The van der Waals surface area contributed by atoms with Crippen molar-refractivity contribution in [1.82, 2.24) is 0 Å². The summed E-state index contributed by atoms with van der Waals surface area (Å²) in [6.45, 7) is 0. The maximum atomic E-state index is 13.0. The van der Waals surface area contributed by atoms with Crippen LogP contribution in [-0.2, 0) is 6.42 Å². The van der Waals surface area contributed by atoms with Crippen LogP contribution in [0.25, 0.3) is 0 Å². The molecule has 1 nitrogen and oxygen atoms in total. The van der Waals surface area contributed by atoms with E-state index in [0.717, 1.165) is 43.7 Å². The minimum absolute atomic E-state index is 0. The van der Waals surface area contributed by atoms with Gasteiger partial charge in [0.05, 0.1) is 0 Å². The van der Waals surface area contributed by atoms with Crippen LogP contribution in [0.15, 0.2) is 18.2 Å². The summed E-state index contributed by atoms with van der Waals surface area (Å²) >= 11 is 0. The summed E-state index contributed by atoms with van der Waals surface area (Å²) in [5, 5.41) is 0. The summed E-state index contributed by atoms with van der Waals surface area (Å²) < 4.78 is 26.0. The predicted octanol–water partition coefficient (Wildman–Crippen LogP) is 3.45. The highest BCUT2D eigenvalue weighted by molar-refractivity contribution is 5.85. The smallest absolute Gasteiger partial charge is 0.126 e. The van der Waals surface area contributed by atoms with Crippen LogP contribution in [0.4, 0.5) is 8.78 Å². The van der Waals surface area contributed by atoms with E-state index in [1.165, 1.54) is 12.1 Å². The van der Waals surface area contributed by atoms with Crippen molar-refractivity contribution in [3.05, 3.63) is 35.4 Å². The number of halogens is 3. The first-order valence-electron chi connectivity index (χ1n) is 5.84. The van der Waals surface area contributed by atoms with Crippen LogP contribution in [0.3, 0.4) is 0 Å². The zero-order chi connectivity index (χ0) is 11.5. The van der Waals surface area contributed by atoms with E-state index in [9.17, 15) is 8.78 Å². The first-order chi connectivity index (χ1) is 7.63. The Bertz CT molecular complexity index is 342. The summed E-state index contributed by atoms with van der Waals surface area (Å²) in [6.07, 6.45) is 4.96. The zero-order valence-corrected chi connectivity index (χ0v) is 10.5. The molecule has 0 aromatic heterocycles. The van der Waals surface area contributed by atoms with Crippen molar-refractivity contribution in [2.75, 3.05) is 0 Å². The van der Waals surface area contributed by atoms with Crippen molar-refractivity contribution in [3.8, 4) is 0 Å². The van der Waals surface area contributed by atoms with Crippen molar-refractivity contribution < 1.29 is 8.78 Å². The van der Waals surface area contributed by atoms with Gasteiger partial charge in [-0.1, -0.05) is 0 Å². The molecule has 0 atom stereocenters. The Labute approximate surface area is 107 Å². The minimum Gasteiger partial charge on any atom is -0.328 e. The molecule has 2 rings (SSSR count). The topological polar surface area (TPSA) is 26.0 Å². The Morgan fingerprint density at radius 1 is 1.00 bits per heavy atom. The molecule has 1 aromatic rings. The molecule has 0 bridgehead atoms. The van der Waals surface area contributed by atoms with Crippen LogP contribution in [0, 0.1) is 17.6 Å². The third-order valence-electron chi connectivity index (χ3n) is 3.34. The number of rotatable bonds is 2. The molecule has 0 radical (unpaired) electrons. The van der Waals surface area contributed by atoms with Gasteiger partial charge in [0, 0.05) is 12.1 Å². The van der Waals surface area contributed by atoms with Crippen LogP contribution in [0.5, 0.6) is 0 Å². The highest BCUT2D eigenvalue weighted by Gasteiger charge is 2.19. The second-order valence-electron chi connectivity index (χ2n) is 4.76. The quantitative estimate of drug-likeness (QED) is 0.867. The van der Waals surface area contributed by atoms with Gasteiger partial charge < -0.3 is 5.73 Å². The van der Waals surface area contributed by atoms with Crippen molar-refractivity contribution in [3.63, 3.8) is 0 Å². The first-order valence-corrected chi connectivity index (χ1v) is 5.84. The molecule has 4 heteroatoms. The molecular weight excluding hydrogens is 244 g/mol. The number of hydrogen-bond donors (Lipinski definition) is 1. The lowest BCUT2D eigenvalue weighted by atomic mass is 9.83. The van der Waals surface area contributed by atoms with Crippen molar-refractivity contribution in [2.24, 2.45) is 11.7 Å². The van der Waals surface area contributed by atoms with E-state index in [1.807, 2.05) is 0 Å². The molecule has 2 N–H and O–H groups in total. The standard InChI is InChI=1S/C13H17F2N.ClH/c14-11-6-10(7-12(15)8-11)5-9-1-3-13(16)4-2-9;/h6-9,13H,1-5,16H2;1H. The summed E-state index contributed by atoms with van der Waals surface area (Å²) in [4.78, 5) is 0. The van der Waals surface area contributed by atoms with Gasteiger partial charge >= 0.3 is 0 Å². The molecule has 1 aliphatic carbocycles. The summed E-state index contributed by atoms with van der Waals surface area (Å²) in [7, 11) is 0. The molecule has 96 valence electrons. The zero-order valence-electron chi connectivity index (χ0n) is 9.66. The number of nitrogens with two attached hydrogens (primary N) is 1. The molecule has 1 fully saturated rings. The minimum atomic E-state index is -0.484. The van der Waals surface area contributed by atoms with Gasteiger partial charge in [0.1, 0.15) is 11.6 Å². The van der Waals surface area contributed by atoms with E-state index in [0.29, 0.717) is 12.0 Å². The summed E-state index contributed by atoms with van der Waals surface area (Å²) in [5.74, 6) is -0.439. The largest absolute Gasteiger partial charge is 0.328 e. The van der Waals surface area contributed by atoms with Gasteiger partial charge in [-0.2, -0.15) is 0 Å². The highest BCUT2D eigenvalue weighted by atomic mass is 35.5. The normalized spacial score (nSPS) is 24.2. The van der Waals surface area contributed by atoms with Gasteiger partial charge in [-0.25, -0.2) is 8.78 Å². The van der Waals surface area contributed by atoms with Crippen LogP contribution in [0.1, 0.15) is 31.2 Å². The van der Waals surface area contributed by atoms with E-state index >= 15 is 0 Å². The maximum absolute atomic E-state index is 13.0. The molecule has 0 spiro atoms. The molecule has 0 aliphatic heterocycles. The second kappa shape index (κ2) is 6.31. The van der Waals surface area contributed by atoms with Gasteiger partial charge in [-0.3, -0.25) is 0 Å². The monoisotopic (exact) mass is 261 g/mol. The maximum Gasteiger partial charge on any atom is 0.126 e. The lowest BCUT2D eigenvalue weighted by molar-refractivity contribution is 0.324. The molecule has 17 heavy (non-hydrogen) atoms. The van der Waals surface area contributed by atoms with Gasteiger partial charge in [0.15, 0.2) is 0 Å². The Balaban J connectivity index is 0.00000144. The van der Waals surface area contributed by atoms with Gasteiger partial charge in [-0.15, -0.1) is 12.4 Å². The van der Waals surface area contributed by atoms with E-state index in [4.69, 9.17) is 5.73 Å². The Morgan fingerprint density at radius 3 is 2.06 bits per heavy atom. The second-order valence-corrected chi connectivity index (χ2v) is 4.76. The molecule has 0 amide bonds. The SMILES string of the molecule is Cl.NC1CCC(Cc2cc(F)cc(F)c2)CC1. The van der Waals surface area contributed by atoms with Crippen LogP contribution < -0.4 is 5.73 Å². The van der Waals surface area contributed by atoms with E-state index in [-0.39, 0.29) is 12.4 Å². The number of benzene rings is 1. The number of hydrogen-bond acceptors (Lipinski definition) is 1. The Morgan fingerprint density at radius 2 is 1.53 bits per heavy atom. The molecule has 0 unspecified atom stereocenters. The lowest BCUT2D eigenvalue weighted by Gasteiger charge is -2.26.